The third kappa shape index (κ3) is 2.50. The Balaban J connectivity index is 1.64. The molecular weight excluding hydrogens is 256 g/mol. The third-order valence-corrected chi connectivity index (χ3v) is 5.35. The molecule has 5 heteroatoms. The highest BCUT2D eigenvalue weighted by molar-refractivity contribution is 5.83. The number of amides is 2. The first kappa shape index (κ1) is 13.7. The number of urea groups is 1. The Morgan fingerprint density at radius 1 is 0.900 bits per heavy atom. The zero-order valence-electron chi connectivity index (χ0n) is 12.0. The van der Waals surface area contributed by atoms with Crippen LogP contribution in [0, 0.1) is 11.8 Å². The lowest BCUT2D eigenvalue weighted by Gasteiger charge is -2.42. The van der Waals surface area contributed by atoms with Crippen LogP contribution in [0.15, 0.2) is 0 Å². The number of carboxylic acids is 1. The van der Waals surface area contributed by atoms with Crippen LogP contribution < -0.4 is 0 Å². The van der Waals surface area contributed by atoms with Crippen LogP contribution in [0.5, 0.6) is 0 Å². The molecule has 1 aliphatic carbocycles. The molecule has 20 heavy (non-hydrogen) atoms. The number of rotatable bonds is 1. The van der Waals surface area contributed by atoms with Crippen molar-refractivity contribution in [3.8, 4) is 0 Å². The van der Waals surface area contributed by atoms with Crippen molar-refractivity contribution < 1.29 is 14.7 Å². The summed E-state index contributed by atoms with van der Waals surface area (Å²) < 4.78 is 0. The normalized spacial score (nSPS) is 33.9. The zero-order chi connectivity index (χ0) is 14.1. The smallest absolute Gasteiger partial charge is 0.326 e. The maximum absolute atomic E-state index is 12.6. The molecule has 0 aromatic rings. The van der Waals surface area contributed by atoms with E-state index in [1.807, 2.05) is 4.90 Å². The van der Waals surface area contributed by atoms with Crippen molar-refractivity contribution in [2.45, 2.75) is 51.0 Å². The van der Waals surface area contributed by atoms with Crippen molar-refractivity contribution >= 4 is 12.0 Å². The molecule has 2 unspecified atom stereocenters. The second kappa shape index (κ2) is 5.62. The molecule has 0 aromatic carbocycles. The Hall–Kier alpha value is -1.26. The first-order valence-corrected chi connectivity index (χ1v) is 7.95. The lowest BCUT2D eigenvalue weighted by atomic mass is 9.75. The second-order valence-electron chi connectivity index (χ2n) is 6.51. The van der Waals surface area contributed by atoms with Crippen molar-refractivity contribution in [1.29, 1.82) is 0 Å². The number of likely N-dealkylation sites (tertiary alicyclic amines) is 2. The molecule has 2 amide bonds. The first-order valence-electron chi connectivity index (χ1n) is 7.95. The largest absolute Gasteiger partial charge is 0.480 e. The van der Waals surface area contributed by atoms with Gasteiger partial charge in [0.05, 0.1) is 0 Å². The fraction of sp³-hybridized carbons (Fsp3) is 0.867. The molecule has 2 heterocycles. The summed E-state index contributed by atoms with van der Waals surface area (Å²) in [4.78, 5) is 27.3. The summed E-state index contributed by atoms with van der Waals surface area (Å²) in [5.74, 6) is 0.581. The van der Waals surface area contributed by atoms with Gasteiger partial charge in [-0.1, -0.05) is 19.3 Å². The summed E-state index contributed by atoms with van der Waals surface area (Å²) in [5, 5.41) is 9.21. The number of piperidine rings is 1. The lowest BCUT2D eigenvalue weighted by Crippen LogP contribution is -2.52. The minimum absolute atomic E-state index is 0.0427. The van der Waals surface area contributed by atoms with Gasteiger partial charge in [-0.2, -0.15) is 0 Å². The van der Waals surface area contributed by atoms with Gasteiger partial charge in [0.25, 0.3) is 0 Å². The van der Waals surface area contributed by atoms with Crippen LogP contribution in [0.1, 0.15) is 44.9 Å². The molecular formula is C15H24N2O3. The van der Waals surface area contributed by atoms with Gasteiger partial charge in [-0.05, 0) is 37.5 Å². The molecule has 0 radical (unpaired) electrons. The molecule has 0 bridgehead atoms. The summed E-state index contributed by atoms with van der Waals surface area (Å²) in [5.41, 5.74) is 0. The van der Waals surface area contributed by atoms with Crippen LogP contribution in [-0.2, 0) is 4.79 Å². The average Bonchev–Trinajstić information content (AvgIpc) is 2.95. The van der Waals surface area contributed by atoms with E-state index in [0.29, 0.717) is 18.9 Å². The van der Waals surface area contributed by atoms with Crippen molar-refractivity contribution in [3.63, 3.8) is 0 Å². The minimum Gasteiger partial charge on any atom is -0.480 e. The molecule has 1 saturated carbocycles. The highest BCUT2D eigenvalue weighted by atomic mass is 16.4. The van der Waals surface area contributed by atoms with Crippen LogP contribution in [0.4, 0.5) is 4.79 Å². The Morgan fingerprint density at radius 2 is 1.65 bits per heavy atom. The van der Waals surface area contributed by atoms with Gasteiger partial charge >= 0.3 is 12.0 Å². The number of carbonyl (C=O) groups is 2. The number of hydrogen-bond acceptors (Lipinski definition) is 2. The monoisotopic (exact) mass is 280 g/mol. The van der Waals surface area contributed by atoms with E-state index in [1.54, 1.807) is 4.90 Å². The standard InChI is InChI=1S/C15H24N2O3/c18-14(19)13-6-3-8-17(13)15(20)16-9-7-11-4-1-2-5-12(11)10-16/h11-13H,1-10H2,(H,18,19)/t11?,12?,13-/m1/s1. The van der Waals surface area contributed by atoms with Gasteiger partial charge in [0, 0.05) is 19.6 Å². The molecule has 3 rings (SSSR count). The number of aliphatic carboxylic acids is 1. The molecule has 3 atom stereocenters. The molecule has 2 saturated heterocycles. The maximum atomic E-state index is 12.6. The molecule has 1 N–H and O–H groups in total. The molecule has 2 aliphatic heterocycles. The van der Waals surface area contributed by atoms with Crippen molar-refractivity contribution in [1.82, 2.24) is 9.80 Å². The van der Waals surface area contributed by atoms with E-state index < -0.39 is 12.0 Å². The van der Waals surface area contributed by atoms with Gasteiger partial charge in [0.1, 0.15) is 6.04 Å². The first-order chi connectivity index (χ1) is 9.66. The molecule has 112 valence electrons. The molecule has 0 spiro atoms. The Bertz CT molecular complexity index is 399. The van der Waals surface area contributed by atoms with Crippen molar-refractivity contribution in [3.05, 3.63) is 0 Å². The van der Waals surface area contributed by atoms with E-state index in [2.05, 4.69) is 0 Å². The van der Waals surface area contributed by atoms with E-state index in [4.69, 9.17) is 0 Å². The maximum Gasteiger partial charge on any atom is 0.326 e. The summed E-state index contributed by atoms with van der Waals surface area (Å²) in [6.07, 6.45) is 7.67. The van der Waals surface area contributed by atoms with Gasteiger partial charge in [-0.25, -0.2) is 9.59 Å². The average molecular weight is 280 g/mol. The fourth-order valence-electron chi connectivity index (χ4n) is 4.21. The minimum atomic E-state index is -0.858. The lowest BCUT2D eigenvalue weighted by molar-refractivity contribution is -0.141. The summed E-state index contributed by atoms with van der Waals surface area (Å²) in [7, 11) is 0. The zero-order valence-corrected chi connectivity index (χ0v) is 12.0. The third-order valence-electron chi connectivity index (χ3n) is 5.35. The van der Waals surface area contributed by atoms with Crippen LogP contribution in [0.2, 0.25) is 0 Å². The van der Waals surface area contributed by atoms with Gasteiger partial charge in [-0.3, -0.25) is 0 Å². The molecule has 3 aliphatic rings. The second-order valence-corrected chi connectivity index (χ2v) is 6.51. The summed E-state index contributed by atoms with van der Waals surface area (Å²) in [6, 6.07) is -0.648. The molecule has 5 nitrogen and oxygen atoms in total. The van der Waals surface area contributed by atoms with Crippen molar-refractivity contribution in [2.24, 2.45) is 11.8 Å². The highest BCUT2D eigenvalue weighted by Crippen LogP contribution is 2.36. The van der Waals surface area contributed by atoms with Gasteiger partial charge < -0.3 is 14.9 Å². The van der Waals surface area contributed by atoms with Crippen LogP contribution in [0.3, 0.4) is 0 Å². The highest BCUT2D eigenvalue weighted by Gasteiger charge is 2.39. The van der Waals surface area contributed by atoms with E-state index in [1.165, 1.54) is 25.7 Å². The van der Waals surface area contributed by atoms with Crippen LogP contribution in [0.25, 0.3) is 0 Å². The van der Waals surface area contributed by atoms with E-state index in [0.717, 1.165) is 31.8 Å². The number of fused-ring (bicyclic) bond motifs is 1. The van der Waals surface area contributed by atoms with Crippen LogP contribution in [-0.4, -0.2) is 52.6 Å². The Kier molecular flexibility index (Phi) is 3.85. The number of hydrogen-bond donors (Lipinski definition) is 1. The van der Waals surface area contributed by atoms with E-state index >= 15 is 0 Å². The number of carbonyl (C=O) groups excluding carboxylic acids is 1. The van der Waals surface area contributed by atoms with Crippen LogP contribution >= 0.6 is 0 Å². The Labute approximate surface area is 119 Å². The number of carboxylic acid groups (broad SMARTS) is 1. The van der Waals surface area contributed by atoms with E-state index in [9.17, 15) is 14.7 Å². The SMILES string of the molecule is O=C(O)[C@H]1CCCN1C(=O)N1CCC2CCCCC2C1. The number of nitrogens with zero attached hydrogens (tertiary/aromatic N) is 2. The van der Waals surface area contributed by atoms with Crippen molar-refractivity contribution in [2.75, 3.05) is 19.6 Å². The Morgan fingerprint density at radius 3 is 2.40 bits per heavy atom. The van der Waals surface area contributed by atoms with E-state index in [-0.39, 0.29) is 6.03 Å². The molecule has 3 fully saturated rings. The topological polar surface area (TPSA) is 60.9 Å². The predicted molar refractivity (Wildman–Crippen MR) is 74.4 cm³/mol. The summed E-state index contributed by atoms with van der Waals surface area (Å²) >= 11 is 0. The predicted octanol–water partition coefficient (Wildman–Crippen LogP) is 2.17. The quantitative estimate of drug-likeness (QED) is 0.800. The van der Waals surface area contributed by atoms with Gasteiger partial charge in [-0.15, -0.1) is 0 Å². The van der Waals surface area contributed by atoms with Gasteiger partial charge in [0.15, 0.2) is 0 Å². The summed E-state index contributed by atoms with van der Waals surface area (Å²) in [6.45, 7) is 2.25. The fourth-order valence-corrected chi connectivity index (χ4v) is 4.21. The molecule has 0 aromatic heterocycles. The van der Waals surface area contributed by atoms with Gasteiger partial charge in [0.2, 0.25) is 0 Å².